The van der Waals surface area contributed by atoms with Crippen LogP contribution in [0.15, 0.2) is 53.5 Å². The number of nitrogens with two attached hydrogens (primary N) is 1. The van der Waals surface area contributed by atoms with E-state index in [4.69, 9.17) is 10.7 Å². The molecule has 34 heavy (non-hydrogen) atoms. The van der Waals surface area contributed by atoms with Crippen molar-refractivity contribution in [2.75, 3.05) is 12.3 Å². The molecule has 6 rings (SSSR count). The predicted molar refractivity (Wildman–Crippen MR) is 134 cm³/mol. The third-order valence-electron chi connectivity index (χ3n) is 6.82. The summed E-state index contributed by atoms with van der Waals surface area (Å²) in [6, 6.07) is 12.1. The first kappa shape index (κ1) is 20.9. The summed E-state index contributed by atoms with van der Waals surface area (Å²) in [5.41, 5.74) is 10.5. The summed E-state index contributed by atoms with van der Waals surface area (Å²) in [4.78, 5) is 25.0. The van der Waals surface area contributed by atoms with Crippen molar-refractivity contribution >= 4 is 39.5 Å². The number of carbonyl (C=O) groups is 1. The molecule has 0 spiro atoms. The maximum atomic E-state index is 12.3. The Labute approximate surface area is 200 Å². The van der Waals surface area contributed by atoms with Gasteiger partial charge >= 0.3 is 0 Å². The van der Waals surface area contributed by atoms with E-state index in [9.17, 15) is 4.79 Å². The van der Waals surface area contributed by atoms with E-state index in [1.54, 1.807) is 0 Å². The van der Waals surface area contributed by atoms with E-state index < -0.39 is 0 Å². The average Bonchev–Trinajstić information content (AvgIpc) is 3.61. The normalized spacial score (nSPS) is 18.5. The van der Waals surface area contributed by atoms with Crippen LogP contribution in [0.25, 0.3) is 27.8 Å². The van der Waals surface area contributed by atoms with Gasteiger partial charge < -0.3 is 16.0 Å². The van der Waals surface area contributed by atoms with Gasteiger partial charge in [0.15, 0.2) is 5.82 Å². The Hall–Kier alpha value is -3.72. The molecule has 1 amide bonds. The third-order valence-corrected chi connectivity index (χ3v) is 7.50. The minimum atomic E-state index is 0.0118. The van der Waals surface area contributed by atoms with Crippen LogP contribution in [0.4, 0.5) is 5.82 Å². The fraction of sp³-hybridized carbons (Fsp3) is 0.280. The molecule has 8 nitrogen and oxygen atoms in total. The lowest BCUT2D eigenvalue weighted by molar-refractivity contribution is 0.0943. The minimum Gasteiger partial charge on any atom is -0.382 e. The lowest BCUT2D eigenvalue weighted by Crippen LogP contribution is -2.31. The zero-order valence-corrected chi connectivity index (χ0v) is 19.4. The fourth-order valence-corrected chi connectivity index (χ4v) is 5.62. The smallest absolute Gasteiger partial charge is 0.252 e. The van der Waals surface area contributed by atoms with Crippen molar-refractivity contribution in [1.82, 2.24) is 29.9 Å². The Morgan fingerprint density at radius 3 is 2.85 bits per heavy atom. The fourth-order valence-electron chi connectivity index (χ4n) is 4.99. The average molecular weight is 472 g/mol. The van der Waals surface area contributed by atoms with Crippen LogP contribution in [0.2, 0.25) is 0 Å². The zero-order valence-electron chi connectivity index (χ0n) is 18.6. The molecule has 0 atom stereocenters. The lowest BCUT2D eigenvalue weighted by Gasteiger charge is -2.27. The van der Waals surface area contributed by atoms with E-state index in [-0.39, 0.29) is 11.8 Å². The molecule has 0 aliphatic heterocycles. The molecule has 0 saturated heterocycles. The first-order valence-electron chi connectivity index (χ1n) is 11.5. The van der Waals surface area contributed by atoms with Crippen LogP contribution in [0, 0.1) is 5.92 Å². The van der Waals surface area contributed by atoms with Gasteiger partial charge in [-0.3, -0.25) is 4.79 Å². The van der Waals surface area contributed by atoms with E-state index in [1.165, 1.54) is 17.7 Å². The van der Waals surface area contributed by atoms with Crippen molar-refractivity contribution in [2.45, 2.75) is 31.6 Å². The number of amides is 1. The molecule has 4 N–H and O–H groups in total. The van der Waals surface area contributed by atoms with E-state index in [0.29, 0.717) is 18.3 Å². The standard InChI is InChI=1S/C25H25N7OS/c26-23-22-21(20-11-17-3-1-2-4-19(17)30-20)31-24(32(22)29-14-28-23)16-7-5-15(6-8-16)12-27-25(33)18-9-10-34-13-18/h1-4,9-11,13-16,30H,5-8,12H2,(H,27,33)(H2,26,28,29)/t15-,16-. The SMILES string of the molecule is Nc1ncnn2c1c(-c1cc3ccccc3[nH]1)nc2[C@H]1CC[C@H](CNC(=O)c2ccsc2)CC1. The number of imidazole rings is 1. The highest BCUT2D eigenvalue weighted by Gasteiger charge is 2.28. The molecule has 1 saturated carbocycles. The van der Waals surface area contributed by atoms with E-state index >= 15 is 0 Å². The van der Waals surface area contributed by atoms with Crippen LogP contribution in [-0.2, 0) is 0 Å². The summed E-state index contributed by atoms with van der Waals surface area (Å²) in [6.45, 7) is 0.708. The van der Waals surface area contributed by atoms with Gasteiger partial charge in [0.2, 0.25) is 0 Å². The van der Waals surface area contributed by atoms with Crippen molar-refractivity contribution in [3.63, 3.8) is 0 Å². The molecule has 172 valence electrons. The highest BCUT2D eigenvalue weighted by Crippen LogP contribution is 2.38. The van der Waals surface area contributed by atoms with Crippen molar-refractivity contribution in [2.24, 2.45) is 5.92 Å². The molecule has 4 aromatic heterocycles. The minimum absolute atomic E-state index is 0.0118. The number of nitrogens with zero attached hydrogens (tertiary/aromatic N) is 4. The number of thiophene rings is 1. The van der Waals surface area contributed by atoms with Gasteiger partial charge in [-0.05, 0) is 55.2 Å². The maximum absolute atomic E-state index is 12.3. The summed E-state index contributed by atoms with van der Waals surface area (Å²) < 4.78 is 1.87. The molecule has 0 bridgehead atoms. The molecule has 5 aromatic rings. The first-order chi connectivity index (χ1) is 16.7. The monoisotopic (exact) mass is 471 g/mol. The Bertz CT molecular complexity index is 1430. The Morgan fingerprint density at radius 1 is 1.21 bits per heavy atom. The topological polar surface area (TPSA) is 114 Å². The second kappa shape index (κ2) is 8.57. The summed E-state index contributed by atoms with van der Waals surface area (Å²) in [7, 11) is 0. The molecule has 4 heterocycles. The lowest BCUT2D eigenvalue weighted by atomic mass is 9.81. The van der Waals surface area contributed by atoms with Gasteiger partial charge in [-0.15, -0.1) is 0 Å². The van der Waals surface area contributed by atoms with Crippen LogP contribution in [0.3, 0.4) is 0 Å². The van der Waals surface area contributed by atoms with Crippen LogP contribution < -0.4 is 11.1 Å². The van der Waals surface area contributed by atoms with Crippen molar-refractivity contribution < 1.29 is 4.79 Å². The molecule has 0 unspecified atom stereocenters. The van der Waals surface area contributed by atoms with Gasteiger partial charge in [-0.2, -0.15) is 16.4 Å². The van der Waals surface area contributed by atoms with E-state index in [2.05, 4.69) is 38.6 Å². The summed E-state index contributed by atoms with van der Waals surface area (Å²) >= 11 is 1.54. The number of hydrogen-bond acceptors (Lipinski definition) is 6. The highest BCUT2D eigenvalue weighted by molar-refractivity contribution is 7.08. The Morgan fingerprint density at radius 2 is 2.06 bits per heavy atom. The van der Waals surface area contributed by atoms with Gasteiger partial charge in [0.05, 0.1) is 5.69 Å². The van der Waals surface area contributed by atoms with Crippen LogP contribution in [-0.4, -0.2) is 37.0 Å². The Kier molecular flexibility index (Phi) is 5.26. The largest absolute Gasteiger partial charge is 0.382 e. The molecule has 1 fully saturated rings. The number of hydrogen-bond donors (Lipinski definition) is 3. The third kappa shape index (κ3) is 3.71. The van der Waals surface area contributed by atoms with E-state index in [0.717, 1.165) is 64.9 Å². The number of para-hydroxylation sites is 1. The Balaban J connectivity index is 1.23. The number of H-pyrrole nitrogens is 1. The molecule has 9 heteroatoms. The summed E-state index contributed by atoms with van der Waals surface area (Å²) in [6.07, 6.45) is 5.55. The number of fused-ring (bicyclic) bond motifs is 2. The number of nitrogen functional groups attached to an aromatic ring is 1. The van der Waals surface area contributed by atoms with Crippen LogP contribution in [0.5, 0.6) is 0 Å². The van der Waals surface area contributed by atoms with Gasteiger partial charge in [-0.25, -0.2) is 14.5 Å². The molecule has 0 radical (unpaired) electrons. The molecule has 1 aliphatic rings. The number of nitrogens with one attached hydrogen (secondary N) is 2. The number of rotatable bonds is 5. The van der Waals surface area contributed by atoms with Crippen molar-refractivity contribution in [1.29, 1.82) is 0 Å². The van der Waals surface area contributed by atoms with Crippen molar-refractivity contribution in [3.8, 4) is 11.4 Å². The maximum Gasteiger partial charge on any atom is 0.252 e. The number of anilines is 1. The van der Waals surface area contributed by atoms with Gasteiger partial charge in [0.25, 0.3) is 5.91 Å². The predicted octanol–water partition coefficient (Wildman–Crippen LogP) is 4.62. The number of aromatic amines is 1. The number of carbonyl (C=O) groups excluding carboxylic acids is 1. The summed E-state index contributed by atoms with van der Waals surface area (Å²) in [5.74, 6) is 2.12. The van der Waals surface area contributed by atoms with Gasteiger partial charge in [0.1, 0.15) is 23.4 Å². The number of benzene rings is 1. The van der Waals surface area contributed by atoms with Crippen molar-refractivity contribution in [3.05, 3.63) is 64.9 Å². The first-order valence-corrected chi connectivity index (χ1v) is 12.5. The second-order valence-electron chi connectivity index (χ2n) is 8.93. The van der Waals surface area contributed by atoms with Crippen LogP contribution in [0.1, 0.15) is 47.8 Å². The molecule has 1 aliphatic carbocycles. The zero-order chi connectivity index (χ0) is 23.1. The van der Waals surface area contributed by atoms with E-state index in [1.807, 2.05) is 33.5 Å². The van der Waals surface area contributed by atoms with Crippen LogP contribution >= 0.6 is 11.3 Å². The number of aromatic nitrogens is 5. The molecular formula is C25H25N7OS. The summed E-state index contributed by atoms with van der Waals surface area (Å²) in [5, 5.41) is 12.5. The quantitative estimate of drug-likeness (QED) is 0.346. The highest BCUT2D eigenvalue weighted by atomic mass is 32.1. The molecule has 1 aromatic carbocycles. The van der Waals surface area contributed by atoms with Gasteiger partial charge in [-0.1, -0.05) is 18.2 Å². The van der Waals surface area contributed by atoms with Gasteiger partial charge in [0, 0.05) is 34.3 Å². The molecular weight excluding hydrogens is 446 g/mol. The second-order valence-corrected chi connectivity index (χ2v) is 9.71.